The van der Waals surface area contributed by atoms with Crippen molar-refractivity contribution in [1.29, 1.82) is 0 Å². The molecular weight excluding hydrogens is 226 g/mol. The molecule has 0 fully saturated rings. The molecule has 0 bridgehead atoms. The van der Waals surface area contributed by atoms with Crippen LogP contribution in [0, 0.1) is 0 Å². The normalized spacial score (nSPS) is 13.5. The second-order valence-corrected chi connectivity index (χ2v) is 3.24. The zero-order chi connectivity index (χ0) is 10.3. The van der Waals surface area contributed by atoms with E-state index in [1.165, 1.54) is 0 Å². The van der Waals surface area contributed by atoms with Gasteiger partial charge in [-0.15, -0.1) is 0 Å². The van der Waals surface area contributed by atoms with Crippen molar-refractivity contribution in [2.75, 3.05) is 0 Å². The first kappa shape index (κ1) is 12.1. The van der Waals surface area contributed by atoms with Gasteiger partial charge < -0.3 is 0 Å². The second kappa shape index (κ2) is 6.61. The summed E-state index contributed by atoms with van der Waals surface area (Å²) in [7, 11) is 0. The van der Waals surface area contributed by atoms with Gasteiger partial charge in [-0.2, -0.15) is 0 Å². The van der Waals surface area contributed by atoms with Gasteiger partial charge >= 0.3 is 0 Å². The highest BCUT2D eigenvalue weighted by atomic mass is 79.9. The number of rotatable bonds is 4. The highest BCUT2D eigenvalue weighted by Gasteiger charge is 1.93. The molecule has 0 atom stereocenters. The van der Waals surface area contributed by atoms with Crippen molar-refractivity contribution >= 4 is 21.6 Å². The van der Waals surface area contributed by atoms with Crippen molar-refractivity contribution in [3.63, 3.8) is 0 Å². The molecule has 0 rings (SSSR count). The third-order valence-corrected chi connectivity index (χ3v) is 2.05. The smallest absolute Gasteiger partial charge is 0.102 e. The van der Waals surface area contributed by atoms with Gasteiger partial charge in [0.05, 0.1) is 0 Å². The third-order valence-electron chi connectivity index (χ3n) is 1.41. The van der Waals surface area contributed by atoms with Crippen molar-refractivity contribution < 1.29 is 0 Å². The summed E-state index contributed by atoms with van der Waals surface area (Å²) in [6, 6.07) is 0. The summed E-state index contributed by atoms with van der Waals surface area (Å²) in [6.45, 7) is 11.3. The number of hydrogen-bond acceptors (Lipinski definition) is 1. The molecule has 0 radical (unpaired) electrons. The molecular formula is C11H14BrN. The van der Waals surface area contributed by atoms with E-state index in [-0.39, 0.29) is 0 Å². The Kier molecular flexibility index (Phi) is 6.15. The molecule has 0 spiro atoms. The minimum absolute atomic E-state index is 0.818. The average Bonchev–Trinajstić information content (AvgIpc) is 2.13. The zero-order valence-corrected chi connectivity index (χ0v) is 9.63. The van der Waals surface area contributed by atoms with Crippen LogP contribution in [0.25, 0.3) is 0 Å². The molecule has 70 valence electrons. The van der Waals surface area contributed by atoms with Crippen molar-refractivity contribution in [3.05, 3.63) is 47.6 Å². The molecule has 0 saturated carbocycles. The number of halogens is 1. The monoisotopic (exact) mass is 239 g/mol. The minimum Gasteiger partial charge on any atom is -0.246 e. The molecule has 0 aliphatic carbocycles. The fourth-order valence-corrected chi connectivity index (χ4v) is 0.867. The summed E-state index contributed by atoms with van der Waals surface area (Å²) in [6.07, 6.45) is 7.31. The molecule has 0 heterocycles. The molecule has 0 amide bonds. The van der Waals surface area contributed by atoms with E-state index >= 15 is 0 Å². The van der Waals surface area contributed by atoms with Gasteiger partial charge in [0.25, 0.3) is 0 Å². The van der Waals surface area contributed by atoms with Gasteiger partial charge in [0.2, 0.25) is 0 Å². The van der Waals surface area contributed by atoms with Crippen LogP contribution in [0.15, 0.2) is 52.6 Å². The number of aliphatic imine (C=N–C) groups is 1. The molecule has 13 heavy (non-hydrogen) atoms. The van der Waals surface area contributed by atoms with Crippen LogP contribution in [-0.4, -0.2) is 5.71 Å². The van der Waals surface area contributed by atoms with E-state index in [0.29, 0.717) is 0 Å². The Bertz CT molecular complexity index is 282. The standard InChI is InChI=1S/C11H14BrN/c1-5-7-8-9(3)10(4)13-11(12)6-2/h5-8H,1,3H2,2,4H3/b8-7-,11-6-,13-10+. The van der Waals surface area contributed by atoms with Gasteiger partial charge in [-0.3, -0.25) is 0 Å². The van der Waals surface area contributed by atoms with E-state index in [9.17, 15) is 0 Å². The lowest BCUT2D eigenvalue weighted by atomic mass is 10.2. The van der Waals surface area contributed by atoms with Crippen LogP contribution in [0.3, 0.4) is 0 Å². The largest absolute Gasteiger partial charge is 0.246 e. The van der Waals surface area contributed by atoms with Crippen LogP contribution in [-0.2, 0) is 0 Å². The molecule has 0 aliphatic rings. The van der Waals surface area contributed by atoms with Gasteiger partial charge in [-0.05, 0) is 35.4 Å². The molecule has 0 aromatic carbocycles. The lowest BCUT2D eigenvalue weighted by Gasteiger charge is -1.97. The predicted octanol–water partition coefficient (Wildman–Crippen LogP) is 4.00. The first-order valence-electron chi connectivity index (χ1n) is 3.97. The SMILES string of the molecule is C=C/C=C\C(=C)/C(C)=N/C(Br)=C\C. The average molecular weight is 240 g/mol. The predicted molar refractivity (Wildman–Crippen MR) is 64.3 cm³/mol. The van der Waals surface area contributed by atoms with Crippen LogP contribution in [0.1, 0.15) is 13.8 Å². The van der Waals surface area contributed by atoms with Crippen molar-refractivity contribution in [3.8, 4) is 0 Å². The van der Waals surface area contributed by atoms with Crippen LogP contribution in [0.4, 0.5) is 0 Å². The maximum absolute atomic E-state index is 4.26. The highest BCUT2D eigenvalue weighted by molar-refractivity contribution is 9.11. The molecule has 2 heteroatoms. The first-order valence-corrected chi connectivity index (χ1v) is 4.76. The molecule has 0 aromatic rings. The van der Waals surface area contributed by atoms with Gasteiger partial charge in [-0.25, -0.2) is 4.99 Å². The van der Waals surface area contributed by atoms with Crippen molar-refractivity contribution in [1.82, 2.24) is 0 Å². The first-order chi connectivity index (χ1) is 6.11. The fraction of sp³-hybridized carbons (Fsp3) is 0.182. The summed E-state index contributed by atoms with van der Waals surface area (Å²) in [5.41, 5.74) is 1.78. The molecule has 1 nitrogen and oxygen atoms in total. The maximum Gasteiger partial charge on any atom is 0.102 e. The number of allylic oxidation sites excluding steroid dienone is 5. The lowest BCUT2D eigenvalue weighted by Crippen LogP contribution is -1.92. The quantitative estimate of drug-likeness (QED) is 0.400. The van der Waals surface area contributed by atoms with Crippen LogP contribution in [0.2, 0.25) is 0 Å². The molecule has 0 unspecified atom stereocenters. The van der Waals surface area contributed by atoms with Gasteiger partial charge in [0.15, 0.2) is 0 Å². The van der Waals surface area contributed by atoms with Gasteiger partial charge in [0.1, 0.15) is 4.61 Å². The Morgan fingerprint density at radius 3 is 2.54 bits per heavy atom. The summed E-state index contributed by atoms with van der Waals surface area (Å²) in [5, 5.41) is 0. The Morgan fingerprint density at radius 1 is 1.46 bits per heavy atom. The Balaban J connectivity index is 4.51. The van der Waals surface area contributed by atoms with Gasteiger partial charge in [0, 0.05) is 5.71 Å². The number of nitrogens with zero attached hydrogens (tertiary/aromatic N) is 1. The Morgan fingerprint density at radius 2 is 2.08 bits per heavy atom. The molecule has 0 saturated heterocycles. The second-order valence-electron chi connectivity index (χ2n) is 2.43. The van der Waals surface area contributed by atoms with E-state index < -0.39 is 0 Å². The Labute approximate surface area is 88.4 Å². The fourth-order valence-electron chi connectivity index (χ4n) is 0.601. The zero-order valence-electron chi connectivity index (χ0n) is 8.05. The van der Waals surface area contributed by atoms with Crippen LogP contribution in [0.5, 0.6) is 0 Å². The summed E-state index contributed by atoms with van der Waals surface area (Å²) in [4.78, 5) is 4.26. The lowest BCUT2D eigenvalue weighted by molar-refractivity contribution is 1.46. The summed E-state index contributed by atoms with van der Waals surface area (Å²) < 4.78 is 0.818. The summed E-state index contributed by atoms with van der Waals surface area (Å²) in [5.74, 6) is 0. The van der Waals surface area contributed by atoms with E-state index in [4.69, 9.17) is 0 Å². The Hall–Kier alpha value is -0.890. The van der Waals surface area contributed by atoms with Crippen LogP contribution < -0.4 is 0 Å². The van der Waals surface area contributed by atoms with E-state index in [1.807, 2.05) is 32.1 Å². The molecule has 0 aromatic heterocycles. The molecule has 0 N–H and O–H groups in total. The van der Waals surface area contributed by atoms with Crippen molar-refractivity contribution in [2.45, 2.75) is 13.8 Å². The van der Waals surface area contributed by atoms with E-state index in [1.54, 1.807) is 6.08 Å². The highest BCUT2D eigenvalue weighted by Crippen LogP contribution is 2.09. The van der Waals surface area contributed by atoms with Crippen LogP contribution >= 0.6 is 15.9 Å². The topological polar surface area (TPSA) is 12.4 Å². The number of hydrogen-bond donors (Lipinski definition) is 0. The molecule has 0 aliphatic heterocycles. The maximum atomic E-state index is 4.26. The van der Waals surface area contributed by atoms with Crippen molar-refractivity contribution in [2.24, 2.45) is 4.99 Å². The minimum atomic E-state index is 0.818. The third kappa shape index (κ3) is 5.36. The summed E-state index contributed by atoms with van der Waals surface area (Å²) >= 11 is 3.30. The van der Waals surface area contributed by atoms with E-state index in [2.05, 4.69) is 34.1 Å². The van der Waals surface area contributed by atoms with E-state index in [0.717, 1.165) is 15.9 Å². The van der Waals surface area contributed by atoms with Gasteiger partial charge in [-0.1, -0.05) is 37.5 Å².